The van der Waals surface area contributed by atoms with Crippen molar-refractivity contribution in [2.24, 2.45) is 35.5 Å². The Balaban J connectivity index is 0.000000352. The van der Waals surface area contributed by atoms with E-state index in [1.807, 2.05) is 19.2 Å². The van der Waals surface area contributed by atoms with Gasteiger partial charge in [0.2, 0.25) is 17.7 Å². The Morgan fingerprint density at radius 3 is 1.51 bits per heavy atom. The Hall–Kier alpha value is -4.34. The van der Waals surface area contributed by atoms with E-state index in [1.54, 1.807) is 37.9 Å². The lowest BCUT2D eigenvalue weighted by Crippen LogP contribution is -2.50. The molecule has 4 aliphatic carbocycles. The first-order valence-corrected chi connectivity index (χ1v) is 21.0. The topological polar surface area (TPSA) is 221 Å². The van der Waals surface area contributed by atoms with Crippen LogP contribution in [0, 0.1) is 35.5 Å². The van der Waals surface area contributed by atoms with Crippen molar-refractivity contribution in [2.75, 3.05) is 40.4 Å². The second kappa shape index (κ2) is 24.7. The number of nitrogens with zero attached hydrogens (tertiary/aromatic N) is 1. The largest absolute Gasteiger partial charge is 0.481 e. The number of unbranched alkanes of at least 4 members (excludes halogenated alkanes) is 4. The van der Waals surface area contributed by atoms with Crippen LogP contribution in [0.3, 0.4) is 0 Å². The van der Waals surface area contributed by atoms with Crippen molar-refractivity contribution < 1.29 is 53.6 Å². The zero-order valence-corrected chi connectivity index (χ0v) is 35.6. The van der Waals surface area contributed by atoms with E-state index in [9.17, 15) is 39.0 Å². The van der Waals surface area contributed by atoms with E-state index in [1.165, 1.54) is 12.8 Å². The number of nitrogens with one attached hydrogen (secondary N) is 3. The molecule has 0 radical (unpaired) electrons. The molecular formula is C44H70N4O11. The molecule has 332 valence electrons. The SMILES string of the molecule is C=CCCCCN(C)C(=O)[C@@H]1C[C@H](O)C[C@H]1C(=O)N[C@]1(C(=O)OCC)C[C@H]1C=C.C=CCCCCNC.C=C[C@@H]1C[C@]1(NC(=O)[C@@H]1C[C@@H](O)C[C@H]1C(=O)O)C(=O)OCC. The molecule has 4 aliphatic rings. The van der Waals surface area contributed by atoms with Crippen LogP contribution in [0.5, 0.6) is 0 Å². The standard InChI is InChI=1S/C22H34N2O5.C15H21NO6.C7H15N/c1-5-8-9-10-11-24(4)20(27)18-13-16(25)12-17(18)19(26)23-22(14-15(22)6-2)21(28)29-7-3;1-3-8-7-15(8,14(21)22-4-2)16-12(18)10-5-9(17)6-11(10)13(19)20;1-3-4-5-6-7-8-2/h5-6,15-18,25H,1-2,7-14H2,3-4H3,(H,23,26);3,8-11,17H,1,4-7H2,2H3,(H,16,18)(H,19,20);3,8H,1,4-7H2,2H3/t15-,16-,17-,18-,22-;8-,9-,10-,11-,15-;/m11./s1. The molecule has 0 aliphatic heterocycles. The van der Waals surface area contributed by atoms with E-state index >= 15 is 0 Å². The minimum Gasteiger partial charge on any atom is -0.481 e. The van der Waals surface area contributed by atoms with E-state index in [2.05, 4.69) is 42.3 Å². The molecule has 0 unspecified atom stereocenters. The van der Waals surface area contributed by atoms with Gasteiger partial charge in [-0.15, -0.1) is 26.3 Å². The zero-order chi connectivity index (χ0) is 44.3. The summed E-state index contributed by atoms with van der Waals surface area (Å²) in [5.74, 6) is -6.58. The number of rotatable bonds is 22. The molecule has 15 nitrogen and oxygen atoms in total. The van der Waals surface area contributed by atoms with Crippen LogP contribution in [0.25, 0.3) is 0 Å². The number of ether oxygens (including phenoxy) is 2. The Morgan fingerprint density at radius 2 is 1.12 bits per heavy atom. The maximum absolute atomic E-state index is 13.0. The Morgan fingerprint density at radius 1 is 0.695 bits per heavy atom. The van der Waals surface area contributed by atoms with E-state index in [0.717, 1.165) is 32.2 Å². The van der Waals surface area contributed by atoms with Gasteiger partial charge >= 0.3 is 17.9 Å². The normalized spacial score (nSPS) is 29.7. The first-order chi connectivity index (χ1) is 28.1. The number of carbonyl (C=O) groups is 6. The molecule has 0 heterocycles. The fraction of sp³-hybridized carbons (Fsp3) is 0.682. The van der Waals surface area contributed by atoms with E-state index in [4.69, 9.17) is 14.6 Å². The molecule has 15 heteroatoms. The highest BCUT2D eigenvalue weighted by molar-refractivity contribution is 5.95. The number of aliphatic carboxylic acids is 1. The maximum atomic E-state index is 13.0. The van der Waals surface area contributed by atoms with Crippen molar-refractivity contribution in [3.63, 3.8) is 0 Å². The van der Waals surface area contributed by atoms with Crippen LogP contribution in [0.1, 0.15) is 90.9 Å². The molecule has 0 aromatic rings. The van der Waals surface area contributed by atoms with Gasteiger partial charge in [-0.25, -0.2) is 9.59 Å². The molecule has 0 spiro atoms. The molecule has 0 aromatic carbocycles. The van der Waals surface area contributed by atoms with Crippen molar-refractivity contribution in [3.8, 4) is 0 Å². The van der Waals surface area contributed by atoms with Crippen molar-refractivity contribution in [3.05, 3.63) is 50.6 Å². The molecule has 6 N–H and O–H groups in total. The van der Waals surface area contributed by atoms with Gasteiger partial charge in [-0.3, -0.25) is 19.2 Å². The molecule has 0 saturated heterocycles. The first-order valence-electron chi connectivity index (χ1n) is 21.0. The fourth-order valence-electron chi connectivity index (χ4n) is 7.92. The number of hydrogen-bond acceptors (Lipinski definition) is 11. The van der Waals surface area contributed by atoms with E-state index < -0.39 is 70.8 Å². The van der Waals surface area contributed by atoms with Crippen LogP contribution in [0.15, 0.2) is 50.6 Å². The molecule has 0 bridgehead atoms. The number of esters is 2. The number of allylic oxidation sites excluding steroid dienone is 2. The predicted molar refractivity (Wildman–Crippen MR) is 223 cm³/mol. The average molecular weight is 831 g/mol. The van der Waals surface area contributed by atoms with Crippen molar-refractivity contribution in [1.29, 1.82) is 0 Å². The molecule has 10 atom stereocenters. The van der Waals surface area contributed by atoms with E-state index in [0.29, 0.717) is 19.4 Å². The summed E-state index contributed by atoms with van der Waals surface area (Å²) in [5.41, 5.74) is -2.22. The van der Waals surface area contributed by atoms with Gasteiger partial charge < -0.3 is 45.6 Å². The minimum absolute atomic E-state index is 0.0463. The van der Waals surface area contributed by atoms with Gasteiger partial charge in [0.05, 0.1) is 49.1 Å². The van der Waals surface area contributed by atoms with Crippen molar-refractivity contribution >= 4 is 35.6 Å². The van der Waals surface area contributed by atoms with Gasteiger partial charge in [-0.1, -0.05) is 24.3 Å². The van der Waals surface area contributed by atoms with Gasteiger partial charge in [0.1, 0.15) is 11.1 Å². The minimum atomic E-state index is -1.13. The summed E-state index contributed by atoms with van der Waals surface area (Å²) < 4.78 is 10.1. The molecule has 4 rings (SSSR count). The highest BCUT2D eigenvalue weighted by Crippen LogP contribution is 2.47. The monoisotopic (exact) mass is 831 g/mol. The summed E-state index contributed by atoms with van der Waals surface area (Å²) in [5, 5.41) is 37.5. The second-order valence-corrected chi connectivity index (χ2v) is 15.9. The lowest BCUT2D eigenvalue weighted by molar-refractivity contribution is -0.151. The summed E-state index contributed by atoms with van der Waals surface area (Å²) in [6.45, 7) is 20.2. The van der Waals surface area contributed by atoms with Gasteiger partial charge in [-0.05, 0) is 104 Å². The average Bonchev–Trinajstić information content (AvgIpc) is 4.01. The zero-order valence-electron chi connectivity index (χ0n) is 35.6. The van der Waals surface area contributed by atoms with Gasteiger partial charge in [-0.2, -0.15) is 0 Å². The van der Waals surface area contributed by atoms with Gasteiger partial charge in [0.15, 0.2) is 0 Å². The summed E-state index contributed by atoms with van der Waals surface area (Å²) in [4.78, 5) is 75.6. The molecule has 4 saturated carbocycles. The number of carbonyl (C=O) groups excluding carboxylic acids is 5. The summed E-state index contributed by atoms with van der Waals surface area (Å²) in [6, 6.07) is 0. The van der Waals surface area contributed by atoms with Crippen LogP contribution < -0.4 is 16.0 Å². The molecule has 0 aromatic heterocycles. The lowest BCUT2D eigenvalue weighted by Gasteiger charge is -2.26. The third-order valence-electron chi connectivity index (χ3n) is 11.6. The van der Waals surface area contributed by atoms with Crippen LogP contribution in [0.2, 0.25) is 0 Å². The number of aliphatic hydroxyl groups excluding tert-OH is 2. The highest BCUT2D eigenvalue weighted by Gasteiger charge is 2.63. The summed E-state index contributed by atoms with van der Waals surface area (Å²) in [7, 11) is 3.71. The van der Waals surface area contributed by atoms with Crippen LogP contribution in [0.4, 0.5) is 0 Å². The Labute approximate surface area is 350 Å². The predicted octanol–water partition coefficient (Wildman–Crippen LogP) is 3.46. The summed E-state index contributed by atoms with van der Waals surface area (Å²) >= 11 is 0. The first kappa shape index (κ1) is 50.8. The fourth-order valence-corrected chi connectivity index (χ4v) is 7.92. The highest BCUT2D eigenvalue weighted by atomic mass is 16.5. The van der Waals surface area contributed by atoms with Crippen LogP contribution in [-0.4, -0.2) is 120 Å². The third kappa shape index (κ3) is 14.1. The maximum Gasteiger partial charge on any atom is 0.332 e. The van der Waals surface area contributed by atoms with Crippen LogP contribution in [-0.2, 0) is 38.2 Å². The van der Waals surface area contributed by atoms with E-state index in [-0.39, 0.29) is 62.5 Å². The van der Waals surface area contributed by atoms with Gasteiger partial charge in [0.25, 0.3) is 0 Å². The number of amides is 3. The van der Waals surface area contributed by atoms with Gasteiger partial charge in [0, 0.05) is 25.4 Å². The number of hydrogen-bond donors (Lipinski definition) is 6. The Kier molecular flexibility index (Phi) is 21.2. The van der Waals surface area contributed by atoms with Crippen molar-refractivity contribution in [1.82, 2.24) is 20.9 Å². The number of aliphatic hydroxyl groups is 2. The molecule has 3 amide bonds. The molecule has 59 heavy (non-hydrogen) atoms. The number of carboxylic acid groups (broad SMARTS) is 1. The van der Waals surface area contributed by atoms with Crippen molar-refractivity contribution in [2.45, 2.75) is 114 Å². The Bertz CT molecular complexity index is 1490. The van der Waals surface area contributed by atoms with Crippen LogP contribution >= 0.6 is 0 Å². The number of carboxylic acids is 1. The third-order valence-corrected chi connectivity index (χ3v) is 11.6. The molecule has 4 fully saturated rings. The smallest absolute Gasteiger partial charge is 0.332 e. The summed E-state index contributed by atoms with van der Waals surface area (Å²) in [6.07, 6.45) is 13.3. The molecular weight excluding hydrogens is 761 g/mol. The lowest BCUT2D eigenvalue weighted by atomic mass is 9.93. The second-order valence-electron chi connectivity index (χ2n) is 15.9. The quantitative estimate of drug-likeness (QED) is 0.0525.